The van der Waals surface area contributed by atoms with Gasteiger partial charge in [-0.2, -0.15) is 0 Å². The second kappa shape index (κ2) is 7.46. The molecule has 2 atom stereocenters. The lowest BCUT2D eigenvalue weighted by molar-refractivity contribution is -0.122. The summed E-state index contributed by atoms with van der Waals surface area (Å²) in [7, 11) is 0. The van der Waals surface area contributed by atoms with E-state index in [1.807, 2.05) is 0 Å². The van der Waals surface area contributed by atoms with Gasteiger partial charge in [0.25, 0.3) is 0 Å². The van der Waals surface area contributed by atoms with Crippen molar-refractivity contribution in [1.29, 1.82) is 0 Å². The van der Waals surface area contributed by atoms with Crippen LogP contribution in [-0.4, -0.2) is 17.6 Å². The largest absolute Gasteiger partial charge is 0.399 e. The number of aliphatic hydroxyl groups is 1. The highest BCUT2D eigenvalue weighted by Gasteiger charge is 2.18. The van der Waals surface area contributed by atoms with Gasteiger partial charge in [0, 0.05) is 18.7 Å². The van der Waals surface area contributed by atoms with Crippen LogP contribution in [0.3, 0.4) is 0 Å². The number of nitrogens with one attached hydrogen (secondary N) is 1. The van der Waals surface area contributed by atoms with Crippen LogP contribution in [-0.2, 0) is 4.79 Å². The summed E-state index contributed by atoms with van der Waals surface area (Å²) in [5.41, 5.74) is 7.24. The molecule has 0 aliphatic heterocycles. The number of anilines is 1. The predicted molar refractivity (Wildman–Crippen MR) is 86.7 cm³/mol. The van der Waals surface area contributed by atoms with Crippen molar-refractivity contribution in [3.05, 3.63) is 29.8 Å². The zero-order valence-corrected chi connectivity index (χ0v) is 13.5. The van der Waals surface area contributed by atoms with Crippen LogP contribution in [0.1, 0.15) is 52.2 Å². The molecule has 21 heavy (non-hydrogen) atoms. The van der Waals surface area contributed by atoms with Crippen LogP contribution < -0.4 is 11.1 Å². The minimum absolute atomic E-state index is 0.0127. The van der Waals surface area contributed by atoms with Crippen molar-refractivity contribution >= 4 is 11.6 Å². The molecule has 2 unspecified atom stereocenters. The van der Waals surface area contributed by atoms with Crippen molar-refractivity contribution in [3.8, 4) is 0 Å². The summed E-state index contributed by atoms with van der Waals surface area (Å²) in [6, 6.07) is 7.03. The van der Waals surface area contributed by atoms with Crippen LogP contribution in [0.2, 0.25) is 0 Å². The molecule has 1 aromatic rings. The molecule has 0 heterocycles. The molecule has 1 rings (SSSR count). The number of aliphatic hydroxyl groups excluding tert-OH is 1. The number of nitrogens with two attached hydrogens (primary N) is 1. The lowest BCUT2D eigenvalue weighted by Crippen LogP contribution is -2.30. The van der Waals surface area contributed by atoms with E-state index >= 15 is 0 Å². The third kappa shape index (κ3) is 7.14. The number of nitrogen functional groups attached to an aromatic ring is 1. The van der Waals surface area contributed by atoms with Crippen LogP contribution in [0, 0.1) is 11.3 Å². The number of hydrogen-bond acceptors (Lipinski definition) is 3. The first-order valence-electron chi connectivity index (χ1n) is 7.47. The molecule has 0 radical (unpaired) electrons. The van der Waals surface area contributed by atoms with Crippen molar-refractivity contribution in [2.24, 2.45) is 11.3 Å². The van der Waals surface area contributed by atoms with Crippen LogP contribution >= 0.6 is 0 Å². The van der Waals surface area contributed by atoms with E-state index in [0.29, 0.717) is 18.0 Å². The highest BCUT2D eigenvalue weighted by Crippen LogP contribution is 2.25. The zero-order chi connectivity index (χ0) is 16.0. The van der Waals surface area contributed by atoms with E-state index in [4.69, 9.17) is 5.73 Å². The van der Waals surface area contributed by atoms with Crippen molar-refractivity contribution in [2.75, 3.05) is 12.3 Å². The molecule has 0 bridgehead atoms. The fourth-order valence-corrected chi connectivity index (χ4v) is 2.55. The second-order valence-corrected chi connectivity index (χ2v) is 7.06. The van der Waals surface area contributed by atoms with E-state index in [0.717, 1.165) is 12.0 Å². The van der Waals surface area contributed by atoms with Gasteiger partial charge in [-0.15, -0.1) is 0 Å². The number of carbonyl (C=O) groups is 1. The Morgan fingerprint density at radius 2 is 1.86 bits per heavy atom. The van der Waals surface area contributed by atoms with Crippen LogP contribution in [0.4, 0.5) is 5.69 Å². The topological polar surface area (TPSA) is 75.3 Å². The van der Waals surface area contributed by atoms with Gasteiger partial charge in [0.2, 0.25) is 5.91 Å². The smallest absolute Gasteiger partial charge is 0.220 e. The average molecular weight is 292 g/mol. The third-order valence-electron chi connectivity index (χ3n) is 3.31. The van der Waals surface area contributed by atoms with Crippen molar-refractivity contribution in [3.63, 3.8) is 0 Å². The Balaban J connectivity index is 2.37. The van der Waals surface area contributed by atoms with Crippen molar-refractivity contribution in [2.45, 2.75) is 46.6 Å². The maximum atomic E-state index is 11.9. The van der Waals surface area contributed by atoms with Crippen molar-refractivity contribution < 1.29 is 9.90 Å². The summed E-state index contributed by atoms with van der Waals surface area (Å²) in [6.45, 7) is 8.83. The second-order valence-electron chi connectivity index (χ2n) is 7.06. The van der Waals surface area contributed by atoms with E-state index in [-0.39, 0.29) is 17.9 Å². The molecule has 4 N–H and O–H groups in total. The molecule has 0 aliphatic rings. The molecule has 0 aliphatic carbocycles. The molecule has 118 valence electrons. The van der Waals surface area contributed by atoms with E-state index in [2.05, 4.69) is 33.0 Å². The summed E-state index contributed by atoms with van der Waals surface area (Å²) >= 11 is 0. The zero-order valence-electron chi connectivity index (χ0n) is 13.5. The van der Waals surface area contributed by atoms with Gasteiger partial charge in [0.1, 0.15) is 0 Å². The maximum Gasteiger partial charge on any atom is 0.220 e. The Morgan fingerprint density at radius 1 is 1.29 bits per heavy atom. The van der Waals surface area contributed by atoms with Gasteiger partial charge in [-0.25, -0.2) is 0 Å². The van der Waals surface area contributed by atoms with Crippen molar-refractivity contribution in [1.82, 2.24) is 5.32 Å². The standard InChI is InChI=1S/C17H28N2O2/c1-12(10-17(2,3)4)9-16(21)19-11-15(20)13-5-7-14(18)8-6-13/h5-8,12,15,20H,9-11,18H2,1-4H3,(H,19,21). The average Bonchev–Trinajstić information content (AvgIpc) is 2.34. The predicted octanol–water partition coefficient (Wildman–Crippen LogP) is 2.88. The van der Waals surface area contributed by atoms with Gasteiger partial charge in [0.15, 0.2) is 0 Å². The first kappa shape index (κ1) is 17.5. The summed E-state index contributed by atoms with van der Waals surface area (Å²) < 4.78 is 0. The molecule has 1 aromatic carbocycles. The normalized spacial score (nSPS) is 14.5. The number of carbonyl (C=O) groups excluding carboxylic acids is 1. The van der Waals surface area contributed by atoms with Crippen LogP contribution in [0.15, 0.2) is 24.3 Å². The minimum atomic E-state index is -0.701. The first-order valence-corrected chi connectivity index (χ1v) is 7.47. The fraction of sp³-hybridized carbons (Fsp3) is 0.588. The Kier molecular flexibility index (Phi) is 6.21. The molecule has 0 spiro atoms. The monoisotopic (exact) mass is 292 g/mol. The molecule has 0 saturated heterocycles. The van der Waals surface area contributed by atoms with Gasteiger partial charge in [-0.05, 0) is 35.4 Å². The molecular weight excluding hydrogens is 264 g/mol. The lowest BCUT2D eigenvalue weighted by Gasteiger charge is -2.23. The Labute approximate surface area is 127 Å². The Morgan fingerprint density at radius 3 is 2.38 bits per heavy atom. The number of benzene rings is 1. The molecule has 0 saturated carbocycles. The van der Waals surface area contributed by atoms with Crippen LogP contribution in [0.25, 0.3) is 0 Å². The maximum absolute atomic E-state index is 11.9. The SMILES string of the molecule is CC(CC(=O)NCC(O)c1ccc(N)cc1)CC(C)(C)C. The number of rotatable bonds is 6. The summed E-state index contributed by atoms with van der Waals surface area (Å²) in [5.74, 6) is 0.319. The molecule has 4 heteroatoms. The Bertz CT molecular complexity index is 449. The fourth-order valence-electron chi connectivity index (χ4n) is 2.55. The summed E-state index contributed by atoms with van der Waals surface area (Å²) in [4.78, 5) is 11.9. The van der Waals surface area contributed by atoms with Gasteiger partial charge in [-0.3, -0.25) is 4.79 Å². The van der Waals surface area contributed by atoms with E-state index in [1.165, 1.54) is 0 Å². The number of hydrogen-bond donors (Lipinski definition) is 3. The molecular formula is C17H28N2O2. The van der Waals surface area contributed by atoms with Crippen LogP contribution in [0.5, 0.6) is 0 Å². The van der Waals surface area contributed by atoms with Gasteiger partial charge in [-0.1, -0.05) is 39.8 Å². The Hall–Kier alpha value is -1.55. The van der Waals surface area contributed by atoms with Gasteiger partial charge < -0.3 is 16.2 Å². The molecule has 0 aromatic heterocycles. The van der Waals surface area contributed by atoms with Gasteiger partial charge >= 0.3 is 0 Å². The lowest BCUT2D eigenvalue weighted by atomic mass is 9.84. The summed E-state index contributed by atoms with van der Waals surface area (Å²) in [5, 5.41) is 12.8. The molecule has 1 amide bonds. The number of amides is 1. The van der Waals surface area contributed by atoms with E-state index in [9.17, 15) is 9.90 Å². The quantitative estimate of drug-likeness (QED) is 0.706. The van der Waals surface area contributed by atoms with E-state index < -0.39 is 6.10 Å². The molecule has 0 fully saturated rings. The molecule has 4 nitrogen and oxygen atoms in total. The van der Waals surface area contributed by atoms with E-state index in [1.54, 1.807) is 24.3 Å². The highest BCUT2D eigenvalue weighted by molar-refractivity contribution is 5.76. The first-order chi connectivity index (χ1) is 9.67. The minimum Gasteiger partial charge on any atom is -0.399 e. The summed E-state index contributed by atoms with van der Waals surface area (Å²) in [6.07, 6.45) is 0.791. The third-order valence-corrected chi connectivity index (χ3v) is 3.31. The highest BCUT2D eigenvalue weighted by atomic mass is 16.3. The van der Waals surface area contributed by atoms with Gasteiger partial charge in [0.05, 0.1) is 6.10 Å².